The van der Waals surface area contributed by atoms with Crippen molar-refractivity contribution in [3.63, 3.8) is 0 Å². The third-order valence-electron chi connectivity index (χ3n) is 3.21. The van der Waals surface area contributed by atoms with Gasteiger partial charge in [-0.15, -0.1) is 0 Å². The van der Waals surface area contributed by atoms with Crippen LogP contribution in [0.3, 0.4) is 0 Å². The van der Waals surface area contributed by atoms with Crippen LogP contribution < -0.4 is 5.32 Å². The van der Waals surface area contributed by atoms with Crippen LogP contribution in [0.4, 0.5) is 0 Å². The molecule has 2 rings (SSSR count). The summed E-state index contributed by atoms with van der Waals surface area (Å²) in [5.41, 5.74) is 0.846. The number of carbonyl (C=O) groups is 1. The molecule has 1 aromatic heterocycles. The molecule has 1 heterocycles. The first kappa shape index (κ1) is 12.4. The van der Waals surface area contributed by atoms with E-state index in [0.717, 1.165) is 18.5 Å². The molecule has 0 unspecified atom stereocenters. The molecule has 1 saturated carbocycles. The van der Waals surface area contributed by atoms with Gasteiger partial charge in [0, 0.05) is 12.1 Å². The Labute approximate surface area is 107 Å². The Bertz CT molecular complexity index is 372. The molecule has 17 heavy (non-hydrogen) atoms. The first-order valence-electron chi connectivity index (χ1n) is 6.14. The van der Waals surface area contributed by atoms with Crippen molar-refractivity contribution in [2.45, 2.75) is 38.6 Å². The average molecular weight is 253 g/mol. The zero-order chi connectivity index (χ0) is 12.1. The van der Waals surface area contributed by atoms with Crippen LogP contribution in [0.25, 0.3) is 0 Å². The smallest absolute Gasteiger partial charge is 0.223 e. The van der Waals surface area contributed by atoms with Gasteiger partial charge in [-0.2, -0.15) is 0 Å². The van der Waals surface area contributed by atoms with Crippen molar-refractivity contribution in [3.8, 4) is 0 Å². The third kappa shape index (κ3) is 3.70. The standard InChI is InChI=1S/C13H17ClN2O/c14-11-6-7-12(15-8-11)9-16-13(17)10-4-2-1-3-5-10/h6-8,10H,1-5,9H2,(H,16,17). The van der Waals surface area contributed by atoms with Gasteiger partial charge in [0.25, 0.3) is 0 Å². The minimum absolute atomic E-state index is 0.168. The van der Waals surface area contributed by atoms with Gasteiger partial charge in [-0.25, -0.2) is 0 Å². The highest BCUT2D eigenvalue weighted by atomic mass is 35.5. The van der Waals surface area contributed by atoms with E-state index in [-0.39, 0.29) is 11.8 Å². The molecule has 4 heteroatoms. The lowest BCUT2D eigenvalue weighted by molar-refractivity contribution is -0.126. The van der Waals surface area contributed by atoms with E-state index in [1.54, 1.807) is 12.3 Å². The van der Waals surface area contributed by atoms with Crippen molar-refractivity contribution in [1.82, 2.24) is 10.3 Å². The van der Waals surface area contributed by atoms with Crippen LogP contribution in [0.2, 0.25) is 5.02 Å². The quantitative estimate of drug-likeness (QED) is 0.899. The highest BCUT2D eigenvalue weighted by Gasteiger charge is 2.20. The lowest BCUT2D eigenvalue weighted by Crippen LogP contribution is -2.31. The molecule has 1 N–H and O–H groups in total. The van der Waals surface area contributed by atoms with Crippen molar-refractivity contribution < 1.29 is 4.79 Å². The summed E-state index contributed by atoms with van der Waals surface area (Å²) in [7, 11) is 0. The van der Waals surface area contributed by atoms with E-state index in [1.807, 2.05) is 6.07 Å². The molecule has 0 bridgehead atoms. The topological polar surface area (TPSA) is 42.0 Å². The van der Waals surface area contributed by atoms with Gasteiger partial charge in [-0.3, -0.25) is 9.78 Å². The first-order valence-corrected chi connectivity index (χ1v) is 6.51. The van der Waals surface area contributed by atoms with E-state index in [2.05, 4.69) is 10.3 Å². The normalized spacial score (nSPS) is 16.8. The van der Waals surface area contributed by atoms with Gasteiger partial charge in [-0.05, 0) is 25.0 Å². The molecule has 3 nitrogen and oxygen atoms in total. The Morgan fingerprint density at radius 1 is 1.35 bits per heavy atom. The molecule has 0 atom stereocenters. The predicted molar refractivity (Wildman–Crippen MR) is 67.7 cm³/mol. The summed E-state index contributed by atoms with van der Waals surface area (Å²) in [4.78, 5) is 16.0. The third-order valence-corrected chi connectivity index (χ3v) is 3.43. The summed E-state index contributed by atoms with van der Waals surface area (Å²) in [6.45, 7) is 0.493. The molecular weight excluding hydrogens is 236 g/mol. The molecule has 1 aromatic rings. The molecule has 1 aliphatic carbocycles. The molecule has 0 aliphatic heterocycles. The number of halogens is 1. The number of hydrogen-bond donors (Lipinski definition) is 1. The second-order valence-corrected chi connectivity index (χ2v) is 4.96. The van der Waals surface area contributed by atoms with Crippen LogP contribution in [0.5, 0.6) is 0 Å². The summed E-state index contributed by atoms with van der Waals surface area (Å²) < 4.78 is 0. The largest absolute Gasteiger partial charge is 0.350 e. The Morgan fingerprint density at radius 3 is 2.76 bits per heavy atom. The van der Waals surface area contributed by atoms with Crippen molar-refractivity contribution >= 4 is 17.5 Å². The monoisotopic (exact) mass is 252 g/mol. The SMILES string of the molecule is O=C(NCc1ccc(Cl)cn1)C1CCCCC1. The maximum atomic E-state index is 11.9. The molecule has 92 valence electrons. The average Bonchev–Trinajstić information content (AvgIpc) is 2.39. The minimum atomic E-state index is 0.168. The van der Waals surface area contributed by atoms with Gasteiger partial charge in [0.1, 0.15) is 0 Å². The Balaban J connectivity index is 1.81. The fourth-order valence-electron chi connectivity index (χ4n) is 2.20. The summed E-state index contributed by atoms with van der Waals surface area (Å²) in [5.74, 6) is 0.373. The van der Waals surface area contributed by atoms with E-state index in [9.17, 15) is 4.79 Å². The summed E-state index contributed by atoms with van der Waals surface area (Å²) in [5, 5.41) is 3.56. The second-order valence-electron chi connectivity index (χ2n) is 4.52. The molecule has 0 radical (unpaired) electrons. The Kier molecular flexibility index (Phi) is 4.37. The minimum Gasteiger partial charge on any atom is -0.350 e. The highest BCUT2D eigenvalue weighted by molar-refractivity contribution is 6.30. The van der Waals surface area contributed by atoms with E-state index < -0.39 is 0 Å². The van der Waals surface area contributed by atoms with Crippen molar-refractivity contribution in [2.75, 3.05) is 0 Å². The number of hydrogen-bond acceptors (Lipinski definition) is 2. The number of nitrogens with one attached hydrogen (secondary N) is 1. The van der Waals surface area contributed by atoms with Gasteiger partial charge in [0.15, 0.2) is 0 Å². The van der Waals surface area contributed by atoms with Gasteiger partial charge >= 0.3 is 0 Å². The second kappa shape index (κ2) is 6.01. The number of pyridine rings is 1. The number of rotatable bonds is 3. The maximum absolute atomic E-state index is 11.9. The van der Waals surface area contributed by atoms with Crippen LogP contribution in [-0.4, -0.2) is 10.9 Å². The molecule has 0 saturated heterocycles. The number of nitrogens with zero attached hydrogens (tertiary/aromatic N) is 1. The lowest BCUT2D eigenvalue weighted by Gasteiger charge is -2.20. The van der Waals surface area contributed by atoms with Gasteiger partial charge in [0.2, 0.25) is 5.91 Å². The van der Waals surface area contributed by atoms with E-state index in [1.165, 1.54) is 19.3 Å². The van der Waals surface area contributed by atoms with Gasteiger partial charge < -0.3 is 5.32 Å². The van der Waals surface area contributed by atoms with Gasteiger partial charge in [0.05, 0.1) is 17.3 Å². The fraction of sp³-hybridized carbons (Fsp3) is 0.538. The molecule has 1 fully saturated rings. The first-order chi connectivity index (χ1) is 8.25. The van der Waals surface area contributed by atoms with Crippen molar-refractivity contribution in [3.05, 3.63) is 29.0 Å². The van der Waals surface area contributed by atoms with Crippen LogP contribution in [0, 0.1) is 5.92 Å². The summed E-state index contributed by atoms with van der Waals surface area (Å²) in [6.07, 6.45) is 7.28. The van der Waals surface area contributed by atoms with Crippen LogP contribution in [-0.2, 0) is 11.3 Å². The van der Waals surface area contributed by atoms with Crippen molar-refractivity contribution in [2.24, 2.45) is 5.92 Å². The molecule has 0 aromatic carbocycles. The summed E-state index contributed by atoms with van der Waals surface area (Å²) >= 11 is 5.75. The zero-order valence-corrected chi connectivity index (χ0v) is 10.5. The molecule has 1 amide bonds. The van der Waals surface area contributed by atoms with Crippen molar-refractivity contribution in [1.29, 1.82) is 0 Å². The number of carbonyl (C=O) groups excluding carboxylic acids is 1. The Morgan fingerprint density at radius 2 is 2.12 bits per heavy atom. The molecule has 1 aliphatic rings. The van der Waals surface area contributed by atoms with E-state index in [0.29, 0.717) is 11.6 Å². The van der Waals surface area contributed by atoms with E-state index >= 15 is 0 Å². The number of amides is 1. The summed E-state index contributed by atoms with van der Waals surface area (Å²) in [6, 6.07) is 3.63. The van der Waals surface area contributed by atoms with Crippen LogP contribution in [0.15, 0.2) is 18.3 Å². The zero-order valence-electron chi connectivity index (χ0n) is 9.79. The molecule has 0 spiro atoms. The number of aromatic nitrogens is 1. The van der Waals surface area contributed by atoms with Crippen LogP contribution in [0.1, 0.15) is 37.8 Å². The maximum Gasteiger partial charge on any atom is 0.223 e. The predicted octanol–water partition coefficient (Wildman–Crippen LogP) is 2.93. The molecular formula is C13H17ClN2O. The Hall–Kier alpha value is -1.09. The fourth-order valence-corrected chi connectivity index (χ4v) is 2.31. The van der Waals surface area contributed by atoms with E-state index in [4.69, 9.17) is 11.6 Å². The highest BCUT2D eigenvalue weighted by Crippen LogP contribution is 2.23. The van der Waals surface area contributed by atoms with Gasteiger partial charge in [-0.1, -0.05) is 30.9 Å². The van der Waals surface area contributed by atoms with Crippen LogP contribution >= 0.6 is 11.6 Å². The lowest BCUT2D eigenvalue weighted by atomic mass is 9.89.